The number of piperazine rings is 1. The van der Waals surface area contributed by atoms with Gasteiger partial charge in [0.15, 0.2) is 0 Å². The molecule has 2 atom stereocenters. The van der Waals surface area contributed by atoms with E-state index in [2.05, 4.69) is 44.4 Å². The molecular weight excluding hydrogens is 518 g/mol. The Morgan fingerprint density at radius 2 is 1.82 bits per heavy atom. The Hall–Kier alpha value is -3.89. The van der Waals surface area contributed by atoms with Gasteiger partial charge in [-0.05, 0) is 60.1 Å². The molecule has 9 nitrogen and oxygen atoms in total. The van der Waals surface area contributed by atoms with Crippen LogP contribution in [0.3, 0.4) is 0 Å². The topological polar surface area (TPSA) is 123 Å². The molecule has 0 spiro atoms. The first-order chi connectivity index (χ1) is 18.9. The quantitative estimate of drug-likeness (QED) is 0.255. The van der Waals surface area contributed by atoms with Crippen LogP contribution in [0.4, 0.5) is 5.69 Å². The van der Waals surface area contributed by atoms with E-state index in [0.717, 1.165) is 31.6 Å². The number of rotatable bonds is 11. The number of thiophene rings is 1. The number of H-pyrrole nitrogens is 1. The van der Waals surface area contributed by atoms with Gasteiger partial charge in [0.1, 0.15) is 5.75 Å². The van der Waals surface area contributed by atoms with Crippen LogP contribution in [0.25, 0.3) is 21.0 Å². The SMILES string of the molecule is O=C(O)CC(C(=O)O)C(CCN1CCN(c2cccc3sccc23)CC1)COc1ccc2ccc(=O)[nH]c2c1. The minimum atomic E-state index is -1.15. The van der Waals surface area contributed by atoms with Crippen LogP contribution < -0.4 is 15.2 Å². The number of ether oxygens (including phenoxy) is 1. The van der Waals surface area contributed by atoms with Gasteiger partial charge in [-0.3, -0.25) is 19.3 Å². The van der Waals surface area contributed by atoms with Crippen molar-refractivity contribution in [2.24, 2.45) is 11.8 Å². The number of carbonyl (C=O) groups is 2. The molecule has 2 aromatic carbocycles. The van der Waals surface area contributed by atoms with Crippen LogP contribution in [0.1, 0.15) is 12.8 Å². The molecule has 5 rings (SSSR count). The number of nitrogens with zero attached hydrogens (tertiary/aromatic N) is 2. The Morgan fingerprint density at radius 1 is 1.03 bits per heavy atom. The minimum absolute atomic E-state index is 0.0624. The first-order valence-corrected chi connectivity index (χ1v) is 13.9. The molecule has 0 amide bonds. The van der Waals surface area contributed by atoms with Crippen molar-refractivity contribution >= 4 is 50.0 Å². The lowest BCUT2D eigenvalue weighted by atomic mass is 9.87. The van der Waals surface area contributed by atoms with Gasteiger partial charge in [0.2, 0.25) is 5.56 Å². The van der Waals surface area contributed by atoms with Gasteiger partial charge in [-0.15, -0.1) is 11.3 Å². The summed E-state index contributed by atoms with van der Waals surface area (Å²) in [6.07, 6.45) is 0.0294. The van der Waals surface area contributed by atoms with Crippen LogP contribution >= 0.6 is 11.3 Å². The van der Waals surface area contributed by atoms with E-state index >= 15 is 0 Å². The highest BCUT2D eigenvalue weighted by molar-refractivity contribution is 7.17. The molecule has 39 heavy (non-hydrogen) atoms. The zero-order valence-corrected chi connectivity index (χ0v) is 22.2. The van der Waals surface area contributed by atoms with Crippen LogP contribution in [0, 0.1) is 11.8 Å². The third-order valence-corrected chi connectivity index (χ3v) is 8.33. The Bertz CT molecular complexity index is 1520. The zero-order chi connectivity index (χ0) is 27.4. The van der Waals surface area contributed by atoms with Crippen LogP contribution in [-0.2, 0) is 9.59 Å². The van der Waals surface area contributed by atoms with Gasteiger partial charge in [-0.25, -0.2) is 0 Å². The smallest absolute Gasteiger partial charge is 0.307 e. The number of pyridine rings is 1. The second-order valence-corrected chi connectivity index (χ2v) is 10.9. The molecule has 3 heterocycles. The molecule has 0 saturated carbocycles. The lowest BCUT2D eigenvalue weighted by molar-refractivity contribution is -0.151. The molecule has 0 aliphatic carbocycles. The second kappa shape index (κ2) is 11.9. The highest BCUT2D eigenvalue weighted by Gasteiger charge is 2.32. The predicted molar refractivity (Wildman–Crippen MR) is 152 cm³/mol. The summed E-state index contributed by atoms with van der Waals surface area (Å²) in [6.45, 7) is 4.11. The van der Waals surface area contributed by atoms with Crippen molar-refractivity contribution in [1.29, 1.82) is 0 Å². The fourth-order valence-electron chi connectivity index (χ4n) is 5.28. The van der Waals surface area contributed by atoms with Crippen LogP contribution in [0.2, 0.25) is 0 Å². The Balaban J connectivity index is 1.23. The predicted octanol–water partition coefficient (Wildman–Crippen LogP) is 4.13. The first-order valence-electron chi connectivity index (χ1n) is 13.0. The largest absolute Gasteiger partial charge is 0.493 e. The maximum atomic E-state index is 12.1. The standard InChI is InChI=1S/C29H31N3O6S/c33-27-7-5-19-4-6-21(16-24(19)30-27)38-18-20(23(29(36)37)17-28(34)35)8-10-31-11-13-32(14-12-31)25-2-1-3-26-22(25)9-15-39-26/h1-7,9,15-16,20,23H,8,10-14,17-18H2,(H,30,33)(H,34,35)(H,36,37). The monoisotopic (exact) mass is 549 g/mol. The molecule has 1 fully saturated rings. The fourth-order valence-corrected chi connectivity index (χ4v) is 6.09. The number of benzene rings is 2. The summed E-state index contributed by atoms with van der Waals surface area (Å²) in [5, 5.41) is 23.5. The summed E-state index contributed by atoms with van der Waals surface area (Å²) in [5.41, 5.74) is 1.63. The van der Waals surface area contributed by atoms with Gasteiger partial charge >= 0.3 is 11.9 Å². The van der Waals surface area contributed by atoms with E-state index in [0.29, 0.717) is 24.2 Å². The minimum Gasteiger partial charge on any atom is -0.493 e. The summed E-state index contributed by atoms with van der Waals surface area (Å²) in [4.78, 5) is 42.7. The summed E-state index contributed by atoms with van der Waals surface area (Å²) < 4.78 is 7.24. The molecule has 204 valence electrons. The Labute approximate surface area is 229 Å². The number of hydrogen-bond acceptors (Lipinski definition) is 7. The average molecular weight is 550 g/mol. The van der Waals surface area contributed by atoms with Crippen molar-refractivity contribution in [3.63, 3.8) is 0 Å². The van der Waals surface area contributed by atoms with Crippen LogP contribution in [0.5, 0.6) is 5.75 Å². The van der Waals surface area contributed by atoms with Crippen LogP contribution in [0.15, 0.2) is 64.8 Å². The molecule has 3 N–H and O–H groups in total. The average Bonchev–Trinajstić information content (AvgIpc) is 3.41. The maximum Gasteiger partial charge on any atom is 0.307 e. The lowest BCUT2D eigenvalue weighted by Gasteiger charge is -2.37. The molecule has 1 saturated heterocycles. The number of aliphatic carboxylic acids is 2. The van der Waals surface area contributed by atoms with Gasteiger partial charge in [0.25, 0.3) is 0 Å². The fraction of sp³-hybridized carbons (Fsp3) is 0.345. The number of hydrogen-bond donors (Lipinski definition) is 3. The third kappa shape index (κ3) is 6.40. The van der Waals surface area contributed by atoms with Crippen molar-refractivity contribution in [3.8, 4) is 5.75 Å². The lowest BCUT2D eigenvalue weighted by Crippen LogP contribution is -2.47. The number of fused-ring (bicyclic) bond motifs is 2. The molecule has 1 aliphatic rings. The zero-order valence-electron chi connectivity index (χ0n) is 21.4. The highest BCUT2D eigenvalue weighted by Crippen LogP contribution is 2.31. The van der Waals surface area contributed by atoms with E-state index in [-0.39, 0.29) is 12.2 Å². The molecule has 4 aromatic rings. The summed E-state index contributed by atoms with van der Waals surface area (Å²) in [6, 6.07) is 17.0. The van der Waals surface area contributed by atoms with E-state index in [1.54, 1.807) is 29.5 Å². The highest BCUT2D eigenvalue weighted by atomic mass is 32.1. The summed E-state index contributed by atoms with van der Waals surface area (Å²) in [5.74, 6) is -3.36. The Kier molecular flexibility index (Phi) is 8.13. The number of aromatic nitrogens is 1. The first kappa shape index (κ1) is 26.7. The van der Waals surface area contributed by atoms with Crippen LogP contribution in [-0.4, -0.2) is 71.4 Å². The Morgan fingerprint density at radius 3 is 2.59 bits per heavy atom. The molecule has 2 aromatic heterocycles. The van der Waals surface area contributed by atoms with E-state index in [9.17, 15) is 24.6 Å². The van der Waals surface area contributed by atoms with Gasteiger partial charge in [0, 0.05) is 60.0 Å². The molecule has 2 unspecified atom stereocenters. The van der Waals surface area contributed by atoms with E-state index < -0.39 is 30.2 Å². The maximum absolute atomic E-state index is 12.1. The number of carboxylic acids is 2. The number of aromatic amines is 1. The summed E-state index contributed by atoms with van der Waals surface area (Å²) in [7, 11) is 0. The number of carboxylic acid groups (broad SMARTS) is 2. The van der Waals surface area contributed by atoms with Crippen molar-refractivity contribution < 1.29 is 24.5 Å². The molecule has 1 aliphatic heterocycles. The number of anilines is 1. The van der Waals surface area contributed by atoms with Gasteiger partial charge in [-0.1, -0.05) is 6.07 Å². The van der Waals surface area contributed by atoms with E-state index in [1.165, 1.54) is 21.8 Å². The number of nitrogens with one attached hydrogen (secondary N) is 1. The van der Waals surface area contributed by atoms with Crippen molar-refractivity contribution in [2.45, 2.75) is 12.8 Å². The van der Waals surface area contributed by atoms with Gasteiger partial charge in [-0.2, -0.15) is 0 Å². The summed E-state index contributed by atoms with van der Waals surface area (Å²) >= 11 is 1.74. The van der Waals surface area contributed by atoms with Gasteiger partial charge in [0.05, 0.1) is 24.5 Å². The van der Waals surface area contributed by atoms with Crippen molar-refractivity contribution in [1.82, 2.24) is 9.88 Å². The van der Waals surface area contributed by atoms with Crippen molar-refractivity contribution in [2.75, 3.05) is 44.2 Å². The van der Waals surface area contributed by atoms with Crippen molar-refractivity contribution in [3.05, 3.63) is 70.3 Å². The van der Waals surface area contributed by atoms with Gasteiger partial charge < -0.3 is 24.8 Å². The molecule has 10 heteroatoms. The normalized spacial score (nSPS) is 15.8. The third-order valence-electron chi connectivity index (χ3n) is 7.44. The van der Waals surface area contributed by atoms with E-state index in [4.69, 9.17) is 4.74 Å². The molecule has 0 radical (unpaired) electrons. The molecular formula is C29H31N3O6S. The van der Waals surface area contributed by atoms with E-state index in [1.807, 2.05) is 6.07 Å². The molecule has 0 bridgehead atoms. The second-order valence-electron chi connectivity index (χ2n) is 9.91.